The Morgan fingerprint density at radius 2 is 1.43 bits per heavy atom. The van der Waals surface area contributed by atoms with Crippen molar-refractivity contribution >= 4 is 46.7 Å². The Labute approximate surface area is 250 Å². The monoisotopic (exact) mass is 602 g/mol. The van der Waals surface area contributed by atoms with Crippen molar-refractivity contribution in [2.75, 3.05) is 26.3 Å². The molecule has 40 heavy (non-hydrogen) atoms. The molecule has 0 N–H and O–H groups in total. The molecule has 1 aliphatic rings. The predicted molar refractivity (Wildman–Crippen MR) is 160 cm³/mol. The third kappa shape index (κ3) is 8.29. The standard InChI is InChI=1S/C31H33Cl3N2O4/c1-21(2)24(17-23-5-6-26(33)18-29(23)34)20-35-14-13-30(37)36(31(35)38)19-22-3-9-27(10-4-22)39-15-16-40-28-11-7-25(32)8-12-28/h3-12,18,21,24H,13-17,19-20H2,1-2H3. The second-order valence-corrected chi connectivity index (χ2v) is 11.5. The largest absolute Gasteiger partial charge is 0.490 e. The molecule has 3 amide bonds. The van der Waals surface area contributed by atoms with Crippen LogP contribution in [0.25, 0.3) is 0 Å². The number of ether oxygens (including phenoxy) is 2. The van der Waals surface area contributed by atoms with Crippen LogP contribution < -0.4 is 9.47 Å². The molecule has 1 aliphatic heterocycles. The van der Waals surface area contributed by atoms with Crippen molar-refractivity contribution in [2.45, 2.75) is 33.2 Å². The highest BCUT2D eigenvalue weighted by atomic mass is 35.5. The first-order chi connectivity index (χ1) is 19.2. The number of carbonyl (C=O) groups excluding carboxylic acids is 2. The molecule has 0 radical (unpaired) electrons. The second-order valence-electron chi connectivity index (χ2n) is 10.2. The quantitative estimate of drug-likeness (QED) is 0.198. The summed E-state index contributed by atoms with van der Waals surface area (Å²) in [4.78, 5) is 29.2. The van der Waals surface area contributed by atoms with Crippen molar-refractivity contribution in [1.82, 2.24) is 9.80 Å². The summed E-state index contributed by atoms with van der Waals surface area (Å²) in [7, 11) is 0. The lowest BCUT2D eigenvalue weighted by molar-refractivity contribution is -0.131. The number of benzene rings is 3. The van der Waals surface area contributed by atoms with Gasteiger partial charge in [0.15, 0.2) is 0 Å². The average molecular weight is 604 g/mol. The minimum atomic E-state index is -0.260. The van der Waals surface area contributed by atoms with E-state index in [0.717, 1.165) is 23.3 Å². The summed E-state index contributed by atoms with van der Waals surface area (Å²) in [5.74, 6) is 1.74. The van der Waals surface area contributed by atoms with Crippen LogP contribution in [0.1, 0.15) is 31.4 Å². The molecule has 212 valence electrons. The topological polar surface area (TPSA) is 59.1 Å². The molecule has 1 atom stereocenters. The van der Waals surface area contributed by atoms with Crippen LogP contribution in [0.2, 0.25) is 15.1 Å². The molecule has 0 aliphatic carbocycles. The number of imide groups is 1. The first-order valence-electron chi connectivity index (χ1n) is 13.3. The number of carbonyl (C=O) groups is 2. The molecule has 4 rings (SSSR count). The summed E-state index contributed by atoms with van der Waals surface area (Å²) in [6, 6.07) is 19.8. The van der Waals surface area contributed by atoms with Gasteiger partial charge in [-0.2, -0.15) is 0 Å². The van der Waals surface area contributed by atoms with Gasteiger partial charge < -0.3 is 14.4 Å². The van der Waals surface area contributed by atoms with Gasteiger partial charge >= 0.3 is 6.03 Å². The number of nitrogens with zero attached hydrogens (tertiary/aromatic N) is 2. The van der Waals surface area contributed by atoms with Crippen LogP contribution in [0.4, 0.5) is 4.79 Å². The average Bonchev–Trinajstić information content (AvgIpc) is 2.93. The van der Waals surface area contributed by atoms with Gasteiger partial charge in [-0.05, 0) is 77.9 Å². The van der Waals surface area contributed by atoms with Gasteiger partial charge in [0, 0.05) is 34.6 Å². The molecular weight excluding hydrogens is 571 g/mol. The Morgan fingerprint density at radius 1 is 0.825 bits per heavy atom. The highest BCUT2D eigenvalue weighted by molar-refractivity contribution is 6.35. The molecule has 1 fully saturated rings. The lowest BCUT2D eigenvalue weighted by atomic mass is 9.88. The van der Waals surface area contributed by atoms with Crippen LogP contribution >= 0.6 is 34.8 Å². The van der Waals surface area contributed by atoms with E-state index in [-0.39, 0.29) is 24.4 Å². The third-order valence-corrected chi connectivity index (χ3v) is 7.83. The summed E-state index contributed by atoms with van der Waals surface area (Å²) >= 11 is 18.4. The SMILES string of the molecule is CC(C)C(Cc1ccc(Cl)cc1Cl)CN1CCC(=O)N(Cc2ccc(OCCOc3ccc(Cl)cc3)cc2)C1=O. The van der Waals surface area contributed by atoms with Crippen LogP contribution in [0.15, 0.2) is 66.7 Å². The van der Waals surface area contributed by atoms with Gasteiger partial charge in [-0.25, -0.2) is 4.79 Å². The maximum atomic E-state index is 13.4. The zero-order valence-electron chi connectivity index (χ0n) is 22.6. The molecule has 3 aromatic rings. The van der Waals surface area contributed by atoms with Crippen LogP contribution in [0, 0.1) is 11.8 Å². The molecule has 1 saturated heterocycles. The van der Waals surface area contributed by atoms with Crippen molar-refractivity contribution in [3.05, 3.63) is 92.9 Å². The normalized spacial score (nSPS) is 14.6. The maximum Gasteiger partial charge on any atom is 0.327 e. The maximum absolute atomic E-state index is 13.4. The zero-order chi connectivity index (χ0) is 28.6. The molecule has 1 unspecified atom stereocenters. The fourth-order valence-corrected chi connectivity index (χ4v) is 5.16. The van der Waals surface area contributed by atoms with Crippen LogP contribution in [0.5, 0.6) is 11.5 Å². The Balaban J connectivity index is 1.31. The van der Waals surface area contributed by atoms with Crippen molar-refractivity contribution in [1.29, 1.82) is 0 Å². The third-order valence-electron chi connectivity index (χ3n) is 6.99. The summed E-state index contributed by atoms with van der Waals surface area (Å²) in [5.41, 5.74) is 1.85. The number of hydrogen-bond acceptors (Lipinski definition) is 4. The summed E-state index contributed by atoms with van der Waals surface area (Å²) in [5, 5.41) is 1.88. The highest BCUT2D eigenvalue weighted by Crippen LogP contribution is 2.28. The van der Waals surface area contributed by atoms with E-state index < -0.39 is 0 Å². The zero-order valence-corrected chi connectivity index (χ0v) is 24.9. The first kappa shape index (κ1) is 30.0. The molecule has 9 heteroatoms. The van der Waals surface area contributed by atoms with E-state index in [1.165, 1.54) is 4.90 Å². The Bertz CT molecular complexity index is 1300. The van der Waals surface area contributed by atoms with Crippen molar-refractivity contribution < 1.29 is 19.1 Å². The number of amides is 3. The van der Waals surface area contributed by atoms with Gasteiger partial charge in [-0.15, -0.1) is 0 Å². The Kier molecular flexibility index (Phi) is 10.6. The number of rotatable bonds is 12. The molecule has 1 heterocycles. The van der Waals surface area contributed by atoms with Gasteiger partial charge in [0.2, 0.25) is 5.91 Å². The summed E-state index contributed by atoms with van der Waals surface area (Å²) in [6.45, 7) is 6.21. The van der Waals surface area contributed by atoms with Crippen LogP contribution in [-0.2, 0) is 17.8 Å². The van der Waals surface area contributed by atoms with Gasteiger partial charge in [0.05, 0.1) is 6.54 Å². The van der Waals surface area contributed by atoms with E-state index in [1.54, 1.807) is 35.2 Å². The van der Waals surface area contributed by atoms with E-state index in [2.05, 4.69) is 13.8 Å². The van der Waals surface area contributed by atoms with E-state index in [1.807, 2.05) is 36.4 Å². The predicted octanol–water partition coefficient (Wildman–Crippen LogP) is 7.77. The Hall–Kier alpha value is -2.93. The van der Waals surface area contributed by atoms with Gasteiger partial charge in [-0.3, -0.25) is 9.69 Å². The van der Waals surface area contributed by atoms with Crippen LogP contribution in [-0.4, -0.2) is 48.0 Å². The van der Waals surface area contributed by atoms with Crippen molar-refractivity contribution in [3.8, 4) is 11.5 Å². The van der Waals surface area contributed by atoms with E-state index in [0.29, 0.717) is 59.5 Å². The molecule has 0 bridgehead atoms. The number of hydrogen-bond donors (Lipinski definition) is 0. The lowest BCUT2D eigenvalue weighted by Crippen LogP contribution is -2.53. The Morgan fingerprint density at radius 3 is 2.02 bits per heavy atom. The molecule has 0 spiro atoms. The van der Waals surface area contributed by atoms with Crippen LogP contribution in [0.3, 0.4) is 0 Å². The van der Waals surface area contributed by atoms with Crippen molar-refractivity contribution in [3.63, 3.8) is 0 Å². The van der Waals surface area contributed by atoms with E-state index >= 15 is 0 Å². The number of halogens is 3. The molecule has 3 aromatic carbocycles. The van der Waals surface area contributed by atoms with E-state index in [4.69, 9.17) is 44.3 Å². The summed E-state index contributed by atoms with van der Waals surface area (Å²) in [6.07, 6.45) is 1.02. The fraction of sp³-hybridized carbons (Fsp3) is 0.355. The lowest BCUT2D eigenvalue weighted by Gasteiger charge is -2.37. The minimum Gasteiger partial charge on any atom is -0.490 e. The van der Waals surface area contributed by atoms with Gasteiger partial charge in [0.1, 0.15) is 24.7 Å². The molecular formula is C31H33Cl3N2O4. The fourth-order valence-electron chi connectivity index (χ4n) is 4.55. The van der Waals surface area contributed by atoms with E-state index in [9.17, 15) is 9.59 Å². The van der Waals surface area contributed by atoms with Gasteiger partial charge in [-0.1, -0.05) is 66.8 Å². The van der Waals surface area contributed by atoms with Gasteiger partial charge in [0.25, 0.3) is 0 Å². The molecule has 6 nitrogen and oxygen atoms in total. The summed E-state index contributed by atoms with van der Waals surface area (Å²) < 4.78 is 11.4. The first-order valence-corrected chi connectivity index (χ1v) is 14.5. The molecule has 0 saturated carbocycles. The second kappa shape index (κ2) is 14.1. The minimum absolute atomic E-state index is 0.164. The van der Waals surface area contributed by atoms with Crippen molar-refractivity contribution in [2.24, 2.45) is 11.8 Å². The number of urea groups is 1. The highest BCUT2D eigenvalue weighted by Gasteiger charge is 2.33. The smallest absolute Gasteiger partial charge is 0.327 e. The molecule has 0 aromatic heterocycles.